The Morgan fingerprint density at radius 3 is 2.65 bits per heavy atom. The molecule has 4 heterocycles. The number of urea groups is 1. The molecule has 0 radical (unpaired) electrons. The predicted molar refractivity (Wildman–Crippen MR) is 172 cm³/mol. The van der Waals surface area contributed by atoms with E-state index in [2.05, 4.69) is 15.2 Å². The van der Waals surface area contributed by atoms with Gasteiger partial charge in [-0.15, -0.1) is 11.3 Å². The Bertz CT molecular complexity index is 1720. The number of hydrogen-bond acceptors (Lipinski definition) is 9. The number of carbonyl (C=O) groups is 3. The summed E-state index contributed by atoms with van der Waals surface area (Å²) in [5.74, 6) is -1.97. The summed E-state index contributed by atoms with van der Waals surface area (Å²) in [6.45, 7) is 4.10. The molecule has 240 valence electrons. The van der Waals surface area contributed by atoms with Crippen molar-refractivity contribution in [2.45, 2.75) is 25.4 Å². The molecule has 6 rings (SSSR count). The van der Waals surface area contributed by atoms with Gasteiger partial charge in [0, 0.05) is 66.3 Å². The Balaban J connectivity index is 1.24. The zero-order valence-corrected chi connectivity index (χ0v) is 26.7. The normalized spacial score (nSPS) is 20.7. The number of fused-ring (bicyclic) bond motifs is 1. The summed E-state index contributed by atoms with van der Waals surface area (Å²) in [6, 6.07) is 10.4. The average molecular weight is 667 g/mol. The smallest absolute Gasteiger partial charge is 0.338 e. The molecule has 0 aliphatic carbocycles. The standard InChI is InChI=1S/C32H32ClFN6O5S/c1-18(30(41)42)13-19-3-6-21(7-4-19)40-16-22-15-38(10-11-39(22)32(40)44)17-25-26(31(43)45-2)27(23-8-5-20(34)14-24(23)33)37-28(36-25)29-35-9-12-46-29/h3-9,12,14,18,22,27H,10-11,13,15-17H2,1-2H3,(H,36,37)(H,41,42)/t18-,22-,27?/m0/s1. The Kier molecular flexibility index (Phi) is 9.07. The van der Waals surface area contributed by atoms with E-state index in [-0.39, 0.29) is 22.7 Å². The number of carbonyl (C=O) groups excluding carboxylic acids is 2. The molecular formula is C32H32ClFN6O5S. The number of amides is 2. The Labute approximate surface area is 273 Å². The highest BCUT2D eigenvalue weighted by atomic mass is 35.5. The first-order valence-electron chi connectivity index (χ1n) is 14.8. The molecule has 0 saturated carbocycles. The molecule has 3 atom stereocenters. The number of hydrogen-bond donors (Lipinski definition) is 2. The molecule has 1 unspecified atom stereocenters. The molecule has 0 spiro atoms. The van der Waals surface area contributed by atoms with Crippen molar-refractivity contribution in [2.75, 3.05) is 44.7 Å². The average Bonchev–Trinajstić information content (AvgIpc) is 3.69. The highest BCUT2D eigenvalue weighted by Crippen LogP contribution is 2.37. The molecule has 2 fully saturated rings. The van der Waals surface area contributed by atoms with Gasteiger partial charge >= 0.3 is 18.0 Å². The number of nitrogens with one attached hydrogen (secondary N) is 1. The van der Waals surface area contributed by atoms with E-state index >= 15 is 0 Å². The lowest BCUT2D eigenvalue weighted by Crippen LogP contribution is -2.53. The zero-order valence-electron chi connectivity index (χ0n) is 25.2. The van der Waals surface area contributed by atoms with Gasteiger partial charge in [-0.3, -0.25) is 19.6 Å². The molecule has 3 aliphatic heterocycles. The molecule has 2 N–H and O–H groups in total. The molecule has 2 saturated heterocycles. The Morgan fingerprint density at radius 2 is 1.98 bits per heavy atom. The maximum atomic E-state index is 14.0. The number of thiazole rings is 1. The number of benzene rings is 2. The SMILES string of the molecule is COC(=O)C1=C(CN2CCN3C(=O)N(c4ccc(C[C@H](C)C(=O)O)cc4)C[C@@H]3C2)NC(c2nccs2)=NC1c1ccc(F)cc1Cl. The molecule has 0 bridgehead atoms. The maximum absolute atomic E-state index is 14.0. The predicted octanol–water partition coefficient (Wildman–Crippen LogP) is 4.34. The van der Waals surface area contributed by atoms with Gasteiger partial charge in [-0.05, 0) is 36.2 Å². The number of aromatic nitrogens is 1. The minimum absolute atomic E-state index is 0.0780. The number of amidine groups is 1. The summed E-state index contributed by atoms with van der Waals surface area (Å²) in [7, 11) is 1.30. The molecule has 46 heavy (non-hydrogen) atoms. The fourth-order valence-electron chi connectivity index (χ4n) is 6.08. The summed E-state index contributed by atoms with van der Waals surface area (Å²) in [4.78, 5) is 52.9. The van der Waals surface area contributed by atoms with Crippen molar-refractivity contribution in [3.63, 3.8) is 0 Å². The summed E-state index contributed by atoms with van der Waals surface area (Å²) >= 11 is 7.86. The number of aliphatic imine (C=N–C) groups is 1. The summed E-state index contributed by atoms with van der Waals surface area (Å²) in [5, 5.41) is 15.1. The van der Waals surface area contributed by atoms with E-state index in [0.717, 1.165) is 11.3 Å². The van der Waals surface area contributed by atoms with Crippen molar-refractivity contribution in [3.8, 4) is 0 Å². The van der Waals surface area contributed by atoms with Crippen molar-refractivity contribution in [2.24, 2.45) is 10.9 Å². The second kappa shape index (κ2) is 13.2. The zero-order chi connectivity index (χ0) is 32.5. The van der Waals surface area contributed by atoms with Crippen molar-refractivity contribution in [3.05, 3.63) is 92.3 Å². The van der Waals surface area contributed by atoms with Gasteiger partial charge in [0.2, 0.25) is 0 Å². The van der Waals surface area contributed by atoms with Crippen LogP contribution in [0.3, 0.4) is 0 Å². The summed E-state index contributed by atoms with van der Waals surface area (Å²) < 4.78 is 19.2. The van der Waals surface area contributed by atoms with Crippen LogP contribution in [-0.2, 0) is 20.7 Å². The van der Waals surface area contributed by atoms with Crippen molar-refractivity contribution >= 4 is 52.4 Å². The minimum atomic E-state index is -0.859. The van der Waals surface area contributed by atoms with Gasteiger partial charge in [-0.1, -0.05) is 36.7 Å². The number of esters is 1. The van der Waals surface area contributed by atoms with Crippen LogP contribution < -0.4 is 10.2 Å². The number of nitrogens with zero attached hydrogens (tertiary/aromatic N) is 5. The van der Waals surface area contributed by atoms with Crippen LogP contribution in [0, 0.1) is 11.7 Å². The first kappa shape index (κ1) is 31.6. The van der Waals surface area contributed by atoms with E-state index in [0.29, 0.717) is 61.2 Å². The lowest BCUT2D eigenvalue weighted by atomic mass is 9.95. The van der Waals surface area contributed by atoms with Crippen LogP contribution in [0.5, 0.6) is 0 Å². The van der Waals surface area contributed by atoms with E-state index < -0.39 is 29.7 Å². The van der Waals surface area contributed by atoms with Crippen LogP contribution in [0.2, 0.25) is 5.02 Å². The summed E-state index contributed by atoms with van der Waals surface area (Å²) in [5.41, 5.74) is 2.94. The first-order chi connectivity index (χ1) is 22.1. The molecule has 14 heteroatoms. The van der Waals surface area contributed by atoms with E-state index in [1.165, 1.54) is 36.6 Å². The van der Waals surface area contributed by atoms with Gasteiger partial charge in [0.15, 0.2) is 10.8 Å². The lowest BCUT2D eigenvalue weighted by Gasteiger charge is -2.38. The second-order valence-electron chi connectivity index (χ2n) is 11.5. The number of halogens is 2. The third-order valence-corrected chi connectivity index (χ3v) is 9.56. The topological polar surface area (TPSA) is 128 Å². The van der Waals surface area contributed by atoms with E-state index in [9.17, 15) is 23.9 Å². The highest BCUT2D eigenvalue weighted by Gasteiger charge is 2.42. The maximum Gasteiger partial charge on any atom is 0.338 e. The first-order valence-corrected chi connectivity index (χ1v) is 16.0. The number of rotatable bonds is 9. The van der Waals surface area contributed by atoms with Gasteiger partial charge in [-0.2, -0.15) is 0 Å². The molecule has 3 aromatic rings. The number of anilines is 1. The molecule has 11 nitrogen and oxygen atoms in total. The van der Waals surface area contributed by atoms with Crippen LogP contribution >= 0.6 is 22.9 Å². The highest BCUT2D eigenvalue weighted by molar-refractivity contribution is 7.11. The largest absolute Gasteiger partial charge is 0.481 e. The Morgan fingerprint density at radius 1 is 1.20 bits per heavy atom. The number of carboxylic acid groups (broad SMARTS) is 1. The van der Waals surface area contributed by atoms with Gasteiger partial charge in [0.1, 0.15) is 11.9 Å². The fourth-order valence-corrected chi connectivity index (χ4v) is 6.93. The molecule has 2 amide bonds. The van der Waals surface area contributed by atoms with Gasteiger partial charge in [-0.25, -0.2) is 19.0 Å². The van der Waals surface area contributed by atoms with Crippen LogP contribution in [0.25, 0.3) is 0 Å². The quantitative estimate of drug-likeness (QED) is 0.323. The molecule has 1 aromatic heterocycles. The Hall–Kier alpha value is -4.33. The van der Waals surface area contributed by atoms with Crippen LogP contribution in [-0.4, -0.2) is 89.6 Å². The lowest BCUT2D eigenvalue weighted by molar-refractivity contribution is -0.141. The van der Waals surface area contributed by atoms with Crippen LogP contribution in [0.1, 0.15) is 29.1 Å². The minimum Gasteiger partial charge on any atom is -0.481 e. The monoisotopic (exact) mass is 666 g/mol. The van der Waals surface area contributed by atoms with Crippen LogP contribution in [0.15, 0.2) is 70.3 Å². The van der Waals surface area contributed by atoms with Crippen molar-refractivity contribution in [1.29, 1.82) is 0 Å². The number of ether oxygens (including phenoxy) is 1. The molecule has 3 aliphatic rings. The van der Waals surface area contributed by atoms with E-state index in [1.54, 1.807) is 18.0 Å². The third-order valence-electron chi connectivity index (χ3n) is 8.45. The molecular weight excluding hydrogens is 635 g/mol. The number of carboxylic acids is 1. The number of methoxy groups -OCH3 is 1. The van der Waals surface area contributed by atoms with Crippen molar-refractivity contribution in [1.82, 2.24) is 20.1 Å². The third kappa shape index (κ3) is 6.35. The summed E-state index contributed by atoms with van der Waals surface area (Å²) in [6.07, 6.45) is 2.07. The van der Waals surface area contributed by atoms with Crippen LogP contribution in [0.4, 0.5) is 14.9 Å². The fraction of sp³-hybridized carbons (Fsp3) is 0.344. The van der Waals surface area contributed by atoms with Gasteiger partial charge < -0.3 is 20.1 Å². The van der Waals surface area contributed by atoms with E-state index in [4.69, 9.17) is 21.3 Å². The number of piperazine rings is 1. The number of aliphatic carboxylic acids is 1. The van der Waals surface area contributed by atoms with E-state index in [1.807, 2.05) is 34.5 Å². The van der Waals surface area contributed by atoms with Gasteiger partial charge in [0.05, 0.1) is 24.6 Å². The van der Waals surface area contributed by atoms with Gasteiger partial charge in [0.25, 0.3) is 0 Å². The second-order valence-corrected chi connectivity index (χ2v) is 12.8. The van der Waals surface area contributed by atoms with Crippen molar-refractivity contribution < 1.29 is 28.6 Å². The molecule has 2 aromatic carbocycles.